The summed E-state index contributed by atoms with van der Waals surface area (Å²) in [5.74, 6) is 1.47. The first kappa shape index (κ1) is 27.3. The summed E-state index contributed by atoms with van der Waals surface area (Å²) in [6.07, 6.45) is 14.3. The minimum Gasteiger partial charge on any atom is -0.425 e. The van der Waals surface area contributed by atoms with Gasteiger partial charge in [0.1, 0.15) is 0 Å². The summed E-state index contributed by atoms with van der Waals surface area (Å²) in [7, 11) is -0.404. The molecule has 0 bridgehead atoms. The van der Waals surface area contributed by atoms with Crippen molar-refractivity contribution in [1.29, 1.82) is 0 Å². The SMILES string of the molecule is CCCCC[SiH]1CCC([C@H]2CC[C@H](CCCCc3ccc(OC(F)=C(F)F)c(F)c3)CC2)CC1. The van der Waals surface area contributed by atoms with Crippen molar-refractivity contribution in [3.8, 4) is 5.75 Å². The number of hydrogen-bond acceptors (Lipinski definition) is 1. The topological polar surface area (TPSA) is 9.23 Å². The van der Waals surface area contributed by atoms with Gasteiger partial charge in [-0.05, 0) is 61.1 Å². The van der Waals surface area contributed by atoms with Crippen molar-refractivity contribution in [3.05, 3.63) is 41.7 Å². The smallest absolute Gasteiger partial charge is 0.344 e. The minimum absolute atomic E-state index is 0.404. The fourth-order valence-corrected chi connectivity index (χ4v) is 9.79. The van der Waals surface area contributed by atoms with Crippen molar-refractivity contribution in [3.63, 3.8) is 0 Å². The molecule has 1 aromatic carbocycles. The highest BCUT2D eigenvalue weighted by atomic mass is 28.3. The second-order valence-corrected chi connectivity index (χ2v) is 14.2. The van der Waals surface area contributed by atoms with Crippen molar-refractivity contribution in [2.24, 2.45) is 17.8 Å². The minimum atomic E-state index is -2.59. The summed E-state index contributed by atoms with van der Waals surface area (Å²) < 4.78 is 55.3. The van der Waals surface area contributed by atoms with E-state index in [-0.39, 0.29) is 0 Å². The molecule has 1 aliphatic carbocycles. The molecular formula is C28H42F4OSi. The van der Waals surface area contributed by atoms with Gasteiger partial charge < -0.3 is 4.74 Å². The van der Waals surface area contributed by atoms with E-state index >= 15 is 0 Å². The third-order valence-electron chi connectivity index (χ3n) is 8.34. The molecule has 1 saturated carbocycles. The molecule has 0 atom stereocenters. The van der Waals surface area contributed by atoms with E-state index in [1.807, 2.05) is 0 Å². The first-order chi connectivity index (χ1) is 16.5. The first-order valence-electron chi connectivity index (χ1n) is 13.6. The van der Waals surface area contributed by atoms with Gasteiger partial charge >= 0.3 is 12.1 Å². The van der Waals surface area contributed by atoms with E-state index in [1.54, 1.807) is 24.2 Å². The van der Waals surface area contributed by atoms with Crippen LogP contribution in [0.15, 0.2) is 30.3 Å². The summed E-state index contributed by atoms with van der Waals surface area (Å²) in [5, 5.41) is 0. The van der Waals surface area contributed by atoms with Gasteiger partial charge in [0.05, 0.1) is 0 Å². The van der Waals surface area contributed by atoms with Gasteiger partial charge in [-0.2, -0.15) is 13.2 Å². The Morgan fingerprint density at radius 1 is 0.912 bits per heavy atom. The van der Waals surface area contributed by atoms with E-state index in [2.05, 4.69) is 11.7 Å². The predicted molar refractivity (Wildman–Crippen MR) is 134 cm³/mol. The maximum Gasteiger partial charge on any atom is 0.344 e. The Morgan fingerprint density at radius 3 is 2.26 bits per heavy atom. The van der Waals surface area contributed by atoms with E-state index < -0.39 is 32.5 Å². The zero-order chi connectivity index (χ0) is 24.3. The van der Waals surface area contributed by atoms with Crippen LogP contribution in [0.2, 0.25) is 18.1 Å². The summed E-state index contributed by atoms with van der Waals surface area (Å²) in [6.45, 7) is 2.30. The van der Waals surface area contributed by atoms with Crippen molar-refractivity contribution >= 4 is 8.80 Å². The maximum absolute atomic E-state index is 14.0. The normalized spacial score (nSPS) is 25.2. The van der Waals surface area contributed by atoms with Gasteiger partial charge in [-0.1, -0.05) is 88.9 Å². The summed E-state index contributed by atoms with van der Waals surface area (Å²) in [4.78, 5) is 0. The Kier molecular flexibility index (Phi) is 11.5. The molecule has 1 heterocycles. The van der Waals surface area contributed by atoms with Crippen molar-refractivity contribution in [2.45, 2.75) is 109 Å². The Bertz CT molecular complexity index is 764. The van der Waals surface area contributed by atoms with Gasteiger partial charge in [0.2, 0.25) is 0 Å². The summed E-state index contributed by atoms with van der Waals surface area (Å²) in [5.41, 5.74) is 0.785. The van der Waals surface area contributed by atoms with Crippen LogP contribution in [0.5, 0.6) is 5.75 Å². The van der Waals surface area contributed by atoms with Crippen molar-refractivity contribution in [2.75, 3.05) is 0 Å². The molecule has 0 radical (unpaired) electrons. The molecule has 1 nitrogen and oxygen atoms in total. The molecule has 0 amide bonds. The number of rotatable bonds is 12. The quantitative estimate of drug-likeness (QED) is 0.121. The third-order valence-corrected chi connectivity index (χ3v) is 11.9. The van der Waals surface area contributed by atoms with E-state index in [0.717, 1.165) is 42.6 Å². The Labute approximate surface area is 205 Å². The highest BCUT2D eigenvalue weighted by Gasteiger charge is 2.30. The van der Waals surface area contributed by atoms with E-state index in [9.17, 15) is 17.6 Å². The Hall–Kier alpha value is -1.30. The van der Waals surface area contributed by atoms with Gasteiger partial charge in [-0.3, -0.25) is 0 Å². The molecule has 0 aromatic heterocycles. The number of halogens is 4. The molecule has 2 fully saturated rings. The lowest BCUT2D eigenvalue weighted by atomic mass is 9.73. The molecule has 34 heavy (non-hydrogen) atoms. The number of unbranched alkanes of at least 4 members (excludes halogenated alkanes) is 3. The van der Waals surface area contributed by atoms with Crippen LogP contribution in [-0.4, -0.2) is 8.80 Å². The average Bonchev–Trinajstić information content (AvgIpc) is 2.84. The van der Waals surface area contributed by atoms with Gasteiger partial charge in [0.25, 0.3) is 0 Å². The molecule has 3 rings (SSSR count). The number of aryl methyl sites for hydroxylation is 1. The van der Waals surface area contributed by atoms with E-state index in [4.69, 9.17) is 0 Å². The van der Waals surface area contributed by atoms with Crippen molar-refractivity contribution < 1.29 is 22.3 Å². The molecular weight excluding hydrogens is 456 g/mol. The van der Waals surface area contributed by atoms with Crippen LogP contribution in [0.3, 0.4) is 0 Å². The zero-order valence-corrected chi connectivity index (χ0v) is 21.9. The van der Waals surface area contributed by atoms with Gasteiger partial charge in [0.15, 0.2) is 11.6 Å². The van der Waals surface area contributed by atoms with Crippen molar-refractivity contribution in [1.82, 2.24) is 0 Å². The van der Waals surface area contributed by atoms with Gasteiger partial charge in [-0.15, -0.1) is 0 Å². The lowest BCUT2D eigenvalue weighted by Gasteiger charge is -2.37. The Morgan fingerprint density at radius 2 is 1.62 bits per heavy atom. The fourth-order valence-electron chi connectivity index (χ4n) is 6.26. The number of benzene rings is 1. The highest BCUT2D eigenvalue weighted by Crippen LogP contribution is 2.42. The summed E-state index contributed by atoms with van der Waals surface area (Å²) >= 11 is 0. The Balaban J connectivity index is 1.29. The van der Waals surface area contributed by atoms with Crippen LogP contribution >= 0.6 is 0 Å². The molecule has 1 saturated heterocycles. The standard InChI is InChI=1S/C28H42F4OSi/c1-2-3-6-17-34-18-15-24(16-19-34)23-12-9-21(10-13-23)7-4-5-8-22-11-14-26(25(29)20-22)33-28(32)27(30)31/h11,14,20-21,23-24,34H,2-10,12-13,15-19H2,1H3/t21-,23-,24?,34?. The average molecular weight is 499 g/mol. The summed E-state index contributed by atoms with van der Waals surface area (Å²) in [6, 6.07) is 6.82. The van der Waals surface area contributed by atoms with Crippen LogP contribution in [0.1, 0.15) is 89.5 Å². The van der Waals surface area contributed by atoms with E-state index in [0.29, 0.717) is 0 Å². The zero-order valence-electron chi connectivity index (χ0n) is 20.8. The van der Waals surface area contributed by atoms with Crippen LogP contribution < -0.4 is 4.74 Å². The number of hydrogen-bond donors (Lipinski definition) is 0. The molecule has 1 aromatic rings. The molecule has 2 aliphatic rings. The maximum atomic E-state index is 14.0. The third kappa shape index (κ3) is 8.73. The fraction of sp³-hybridized carbons (Fsp3) is 0.714. The molecule has 0 spiro atoms. The largest absolute Gasteiger partial charge is 0.425 e. The molecule has 1 aliphatic heterocycles. The predicted octanol–water partition coefficient (Wildman–Crippen LogP) is 9.59. The molecule has 192 valence electrons. The van der Waals surface area contributed by atoms with Gasteiger partial charge in [-0.25, -0.2) is 4.39 Å². The second kappa shape index (κ2) is 14.3. The van der Waals surface area contributed by atoms with Gasteiger partial charge in [0, 0.05) is 8.80 Å². The molecule has 6 heteroatoms. The first-order valence-corrected chi connectivity index (χ1v) is 16.1. The van der Waals surface area contributed by atoms with E-state index in [1.165, 1.54) is 76.3 Å². The second-order valence-electron chi connectivity index (χ2n) is 10.7. The van der Waals surface area contributed by atoms with Crippen LogP contribution in [0.25, 0.3) is 0 Å². The molecule has 0 unspecified atom stereocenters. The van der Waals surface area contributed by atoms with Crippen LogP contribution in [0, 0.1) is 23.6 Å². The van der Waals surface area contributed by atoms with Crippen LogP contribution in [-0.2, 0) is 6.42 Å². The highest BCUT2D eigenvalue weighted by molar-refractivity contribution is 6.58. The number of ether oxygens (including phenoxy) is 1. The molecule has 0 N–H and O–H groups in total. The lowest BCUT2D eigenvalue weighted by Crippen LogP contribution is -2.28. The lowest BCUT2D eigenvalue weighted by molar-refractivity contribution is 0.184. The van der Waals surface area contributed by atoms with Crippen LogP contribution in [0.4, 0.5) is 17.6 Å². The monoisotopic (exact) mass is 498 g/mol.